The molecule has 1 aliphatic heterocycles. The monoisotopic (exact) mass is 339 g/mol. The van der Waals surface area contributed by atoms with Gasteiger partial charge in [-0.1, -0.05) is 0 Å². The summed E-state index contributed by atoms with van der Waals surface area (Å²) in [7, 11) is 0. The third-order valence-electron chi connectivity index (χ3n) is 4.02. The molecule has 0 radical (unpaired) electrons. The van der Waals surface area contributed by atoms with Crippen molar-refractivity contribution in [2.24, 2.45) is 0 Å². The highest BCUT2D eigenvalue weighted by atomic mass is 16.5. The van der Waals surface area contributed by atoms with Gasteiger partial charge in [0, 0.05) is 18.5 Å². The van der Waals surface area contributed by atoms with E-state index in [1.54, 1.807) is 35.5 Å². The lowest BCUT2D eigenvalue weighted by Gasteiger charge is -2.20. The van der Waals surface area contributed by atoms with Gasteiger partial charge in [0.2, 0.25) is 0 Å². The van der Waals surface area contributed by atoms with Crippen LogP contribution in [0.2, 0.25) is 0 Å². The molecule has 0 aliphatic carbocycles. The van der Waals surface area contributed by atoms with E-state index in [2.05, 4.69) is 25.5 Å². The summed E-state index contributed by atoms with van der Waals surface area (Å²) in [6, 6.07) is 4.71. The lowest BCUT2D eigenvalue weighted by atomic mass is 10.1. The summed E-state index contributed by atoms with van der Waals surface area (Å²) in [5, 5.41) is 11.8. The Balaban J connectivity index is 1.59. The van der Waals surface area contributed by atoms with Crippen LogP contribution < -0.4 is 10.9 Å². The number of anilines is 1. The summed E-state index contributed by atoms with van der Waals surface area (Å²) in [4.78, 5) is 20.9. The lowest BCUT2D eigenvalue weighted by Crippen LogP contribution is -2.37. The van der Waals surface area contributed by atoms with Crippen LogP contribution >= 0.6 is 0 Å². The van der Waals surface area contributed by atoms with Gasteiger partial charge >= 0.3 is 0 Å². The van der Waals surface area contributed by atoms with Crippen LogP contribution in [0.5, 0.6) is 0 Å². The van der Waals surface area contributed by atoms with Crippen molar-refractivity contribution in [3.63, 3.8) is 0 Å². The summed E-state index contributed by atoms with van der Waals surface area (Å²) in [5.74, 6) is 1.20. The van der Waals surface area contributed by atoms with Gasteiger partial charge in [-0.25, -0.2) is 14.3 Å². The minimum atomic E-state index is -0.206. The van der Waals surface area contributed by atoms with E-state index in [4.69, 9.17) is 4.74 Å². The molecule has 0 aromatic carbocycles. The predicted octanol–water partition coefficient (Wildman–Crippen LogP) is 0.579. The molecule has 9 nitrogen and oxygen atoms in total. The zero-order valence-corrected chi connectivity index (χ0v) is 13.6. The molecule has 3 aromatic rings. The zero-order chi connectivity index (χ0) is 17.2. The summed E-state index contributed by atoms with van der Waals surface area (Å²) in [6.07, 6.45) is 6.74. The molecule has 1 fully saturated rings. The Kier molecular flexibility index (Phi) is 3.98. The summed E-state index contributed by atoms with van der Waals surface area (Å²) in [5.41, 5.74) is 0.634. The molecular formula is C16H17N7O2. The van der Waals surface area contributed by atoms with E-state index in [9.17, 15) is 4.79 Å². The third-order valence-corrected chi connectivity index (χ3v) is 4.02. The highest BCUT2D eigenvalue weighted by Crippen LogP contribution is 2.21. The Hall–Kier alpha value is -3.07. The predicted molar refractivity (Wildman–Crippen MR) is 89.7 cm³/mol. The average Bonchev–Trinajstić information content (AvgIpc) is 3.29. The second-order valence-corrected chi connectivity index (χ2v) is 5.83. The van der Waals surface area contributed by atoms with Gasteiger partial charge in [0.1, 0.15) is 11.9 Å². The first-order valence-electron chi connectivity index (χ1n) is 7.93. The molecular weight excluding hydrogens is 322 g/mol. The minimum Gasteiger partial charge on any atom is -0.377 e. The molecule has 1 aliphatic rings. The van der Waals surface area contributed by atoms with E-state index in [-0.39, 0.29) is 17.6 Å². The maximum Gasteiger partial charge on any atom is 0.267 e. The van der Waals surface area contributed by atoms with Gasteiger partial charge in [0.05, 0.1) is 37.3 Å². The molecule has 0 saturated carbocycles. The Morgan fingerprint density at radius 2 is 2.20 bits per heavy atom. The maximum atomic E-state index is 12.1. The number of ether oxygens (including phenoxy) is 1. The Labute approximate surface area is 143 Å². The lowest BCUT2D eigenvalue weighted by molar-refractivity contribution is 0.182. The number of hydrogen-bond donors (Lipinski definition) is 1. The molecule has 25 heavy (non-hydrogen) atoms. The van der Waals surface area contributed by atoms with Crippen molar-refractivity contribution in [1.82, 2.24) is 29.5 Å². The van der Waals surface area contributed by atoms with E-state index in [0.29, 0.717) is 24.8 Å². The first kappa shape index (κ1) is 15.5. The number of aryl methyl sites for hydroxylation is 1. The van der Waals surface area contributed by atoms with Crippen LogP contribution in [0.3, 0.4) is 0 Å². The van der Waals surface area contributed by atoms with E-state index in [1.807, 2.05) is 13.0 Å². The van der Waals surface area contributed by atoms with Crippen molar-refractivity contribution in [3.8, 4) is 5.82 Å². The molecule has 3 aromatic heterocycles. The molecule has 2 unspecified atom stereocenters. The van der Waals surface area contributed by atoms with Crippen LogP contribution in [0.25, 0.3) is 5.82 Å². The molecule has 4 heterocycles. The summed E-state index contributed by atoms with van der Waals surface area (Å²) in [6.45, 7) is 2.73. The summed E-state index contributed by atoms with van der Waals surface area (Å²) < 4.78 is 8.68. The second-order valence-electron chi connectivity index (χ2n) is 5.83. The van der Waals surface area contributed by atoms with Gasteiger partial charge in [-0.2, -0.15) is 10.2 Å². The van der Waals surface area contributed by atoms with Crippen LogP contribution in [0, 0.1) is 6.92 Å². The summed E-state index contributed by atoms with van der Waals surface area (Å²) >= 11 is 0. The van der Waals surface area contributed by atoms with Crippen LogP contribution in [0.15, 0.2) is 47.8 Å². The topological polar surface area (TPSA) is 99.8 Å². The number of aromatic nitrogens is 6. The van der Waals surface area contributed by atoms with Crippen LogP contribution in [0.4, 0.5) is 5.82 Å². The van der Waals surface area contributed by atoms with Crippen LogP contribution in [0.1, 0.15) is 11.7 Å². The SMILES string of the molecule is Cc1ccc(=O)n(C2COCC2Nc2cncc(-n3cccn3)n2)n1. The number of nitrogens with one attached hydrogen (secondary N) is 1. The largest absolute Gasteiger partial charge is 0.377 e. The molecule has 0 bridgehead atoms. The maximum absolute atomic E-state index is 12.1. The van der Waals surface area contributed by atoms with Gasteiger partial charge in [0.15, 0.2) is 5.82 Å². The van der Waals surface area contributed by atoms with Crippen LogP contribution in [-0.2, 0) is 4.74 Å². The fraction of sp³-hybridized carbons (Fsp3) is 0.312. The van der Waals surface area contributed by atoms with Gasteiger partial charge in [-0.05, 0) is 19.1 Å². The van der Waals surface area contributed by atoms with Crippen LogP contribution in [-0.4, -0.2) is 48.8 Å². The van der Waals surface area contributed by atoms with Crippen molar-refractivity contribution in [2.45, 2.75) is 19.0 Å². The van der Waals surface area contributed by atoms with E-state index >= 15 is 0 Å². The highest BCUT2D eigenvalue weighted by Gasteiger charge is 2.31. The first-order chi connectivity index (χ1) is 12.2. The zero-order valence-electron chi connectivity index (χ0n) is 13.6. The molecule has 9 heteroatoms. The smallest absolute Gasteiger partial charge is 0.267 e. The molecule has 1 saturated heterocycles. The molecule has 2 atom stereocenters. The molecule has 0 amide bonds. The second kappa shape index (κ2) is 6.44. The van der Waals surface area contributed by atoms with E-state index in [0.717, 1.165) is 5.69 Å². The number of nitrogens with zero attached hydrogens (tertiary/aromatic N) is 6. The quantitative estimate of drug-likeness (QED) is 0.742. The minimum absolute atomic E-state index is 0.130. The number of rotatable bonds is 4. The number of hydrogen-bond acceptors (Lipinski definition) is 7. The fourth-order valence-electron chi connectivity index (χ4n) is 2.81. The molecule has 1 N–H and O–H groups in total. The molecule has 4 rings (SSSR count). The standard InChI is InChI=1S/C16H17N7O2/c1-11-3-4-16(24)23(21-11)13-10-25-9-12(13)19-14-7-17-8-15(20-14)22-6-2-5-18-22/h2-8,12-13H,9-10H2,1H3,(H,19,20). The van der Waals surface area contributed by atoms with E-state index < -0.39 is 0 Å². The van der Waals surface area contributed by atoms with Gasteiger partial charge in [-0.3, -0.25) is 9.78 Å². The fourth-order valence-corrected chi connectivity index (χ4v) is 2.81. The third kappa shape index (κ3) is 3.13. The van der Waals surface area contributed by atoms with Crippen molar-refractivity contribution in [1.29, 1.82) is 0 Å². The highest BCUT2D eigenvalue weighted by molar-refractivity contribution is 5.37. The van der Waals surface area contributed by atoms with Gasteiger partial charge in [-0.15, -0.1) is 0 Å². The van der Waals surface area contributed by atoms with Gasteiger partial charge < -0.3 is 10.1 Å². The Morgan fingerprint density at radius 1 is 1.28 bits per heavy atom. The van der Waals surface area contributed by atoms with Gasteiger partial charge in [0.25, 0.3) is 5.56 Å². The molecule has 128 valence electrons. The first-order valence-corrected chi connectivity index (χ1v) is 7.93. The van der Waals surface area contributed by atoms with Crippen molar-refractivity contribution in [2.75, 3.05) is 18.5 Å². The Morgan fingerprint density at radius 3 is 3.04 bits per heavy atom. The van der Waals surface area contributed by atoms with Crippen molar-refractivity contribution >= 4 is 5.82 Å². The van der Waals surface area contributed by atoms with E-state index in [1.165, 1.54) is 10.7 Å². The average molecular weight is 339 g/mol. The molecule has 0 spiro atoms. The van der Waals surface area contributed by atoms with Crippen molar-refractivity contribution in [3.05, 3.63) is 59.0 Å². The Bertz CT molecular complexity index is 922. The van der Waals surface area contributed by atoms with Crippen molar-refractivity contribution < 1.29 is 4.74 Å². The normalized spacial score (nSPS) is 19.9.